The highest BCUT2D eigenvalue weighted by Gasteiger charge is 2.39. The number of alkyl carbamates (subject to hydrolysis) is 1. The summed E-state index contributed by atoms with van der Waals surface area (Å²) in [7, 11) is 0. The Bertz CT molecular complexity index is 1150. The van der Waals surface area contributed by atoms with Crippen LogP contribution in [-0.2, 0) is 14.3 Å². The summed E-state index contributed by atoms with van der Waals surface area (Å²) < 4.78 is 5.52. The molecule has 226 valence electrons. The molecule has 7 nitrogen and oxygen atoms in total. The van der Waals surface area contributed by atoms with Crippen LogP contribution in [0.3, 0.4) is 0 Å². The lowest BCUT2D eigenvalue weighted by Gasteiger charge is -2.39. The van der Waals surface area contributed by atoms with Gasteiger partial charge in [0.1, 0.15) is 17.7 Å². The molecule has 0 saturated heterocycles. The number of benzene rings is 2. The number of aryl methyl sites for hydroxylation is 2. The van der Waals surface area contributed by atoms with Gasteiger partial charge in [-0.1, -0.05) is 75.7 Å². The van der Waals surface area contributed by atoms with E-state index in [2.05, 4.69) is 24.5 Å². The SMILES string of the molecule is Cc1ccc(C(C(=O)Nc2ccccc2C)N(C(=O)C(CC(C)C)NC(=O)OC(C)(C)C)C(C)CCC(C)C)cc1. The molecule has 3 amide bonds. The fraction of sp³-hybridized carbons (Fsp3) is 0.559. The van der Waals surface area contributed by atoms with Crippen molar-refractivity contribution in [2.24, 2.45) is 11.8 Å². The molecule has 0 bridgehead atoms. The molecule has 0 radical (unpaired) electrons. The highest BCUT2D eigenvalue weighted by Crippen LogP contribution is 2.30. The molecule has 2 rings (SSSR count). The smallest absolute Gasteiger partial charge is 0.408 e. The zero-order chi connectivity index (χ0) is 30.9. The summed E-state index contributed by atoms with van der Waals surface area (Å²) in [6.07, 6.45) is 1.36. The van der Waals surface area contributed by atoms with Crippen molar-refractivity contribution in [3.05, 3.63) is 65.2 Å². The maximum absolute atomic E-state index is 14.5. The summed E-state index contributed by atoms with van der Waals surface area (Å²) in [6.45, 7) is 19.6. The number of amides is 3. The fourth-order valence-corrected chi connectivity index (χ4v) is 4.74. The Kier molecular flexibility index (Phi) is 12.4. The quantitative estimate of drug-likeness (QED) is 0.278. The molecule has 2 aromatic rings. The van der Waals surface area contributed by atoms with Crippen LogP contribution in [0.5, 0.6) is 0 Å². The Morgan fingerprint density at radius 1 is 0.854 bits per heavy atom. The largest absolute Gasteiger partial charge is 0.444 e. The number of hydrogen-bond acceptors (Lipinski definition) is 4. The van der Waals surface area contributed by atoms with Crippen molar-refractivity contribution in [2.75, 3.05) is 5.32 Å². The lowest BCUT2D eigenvalue weighted by atomic mass is 9.95. The second-order valence-electron chi connectivity index (χ2n) is 13.0. The van der Waals surface area contributed by atoms with Gasteiger partial charge in [0.25, 0.3) is 5.91 Å². The van der Waals surface area contributed by atoms with Crippen LogP contribution in [-0.4, -0.2) is 40.5 Å². The van der Waals surface area contributed by atoms with E-state index in [1.54, 1.807) is 25.7 Å². The number of hydrogen-bond donors (Lipinski definition) is 2. The normalized spacial score (nSPS) is 13.9. The number of nitrogens with zero attached hydrogens (tertiary/aromatic N) is 1. The van der Waals surface area contributed by atoms with Gasteiger partial charge < -0.3 is 20.3 Å². The van der Waals surface area contributed by atoms with Gasteiger partial charge in [-0.25, -0.2) is 4.79 Å². The summed E-state index contributed by atoms with van der Waals surface area (Å²) >= 11 is 0. The third-order valence-electron chi connectivity index (χ3n) is 6.91. The molecule has 41 heavy (non-hydrogen) atoms. The van der Waals surface area contributed by atoms with Gasteiger partial charge in [0, 0.05) is 11.7 Å². The fourth-order valence-electron chi connectivity index (χ4n) is 4.74. The highest BCUT2D eigenvalue weighted by atomic mass is 16.6. The van der Waals surface area contributed by atoms with Gasteiger partial charge in [-0.3, -0.25) is 9.59 Å². The molecule has 3 unspecified atom stereocenters. The van der Waals surface area contributed by atoms with Crippen molar-refractivity contribution < 1.29 is 19.1 Å². The molecule has 0 aromatic heterocycles. The minimum Gasteiger partial charge on any atom is -0.444 e. The maximum atomic E-state index is 14.5. The predicted octanol–water partition coefficient (Wildman–Crippen LogP) is 7.58. The van der Waals surface area contributed by atoms with Crippen LogP contribution in [0, 0.1) is 25.7 Å². The molecule has 0 aliphatic carbocycles. The van der Waals surface area contributed by atoms with E-state index >= 15 is 0 Å². The summed E-state index contributed by atoms with van der Waals surface area (Å²) in [5.41, 5.74) is 2.69. The van der Waals surface area contributed by atoms with Crippen molar-refractivity contribution in [3.63, 3.8) is 0 Å². The minimum absolute atomic E-state index is 0.116. The van der Waals surface area contributed by atoms with Gasteiger partial charge in [0.15, 0.2) is 0 Å². The zero-order valence-corrected chi connectivity index (χ0v) is 26.7. The molecule has 7 heteroatoms. The molecule has 2 N–H and O–H groups in total. The van der Waals surface area contributed by atoms with Crippen LogP contribution >= 0.6 is 0 Å². The number of carbonyl (C=O) groups is 3. The standard InChI is InChI=1S/C34H51N3O4/c1-22(2)15-18-26(7)37(32(39)29(21-23(3)4)36-33(40)41-34(8,9)10)30(27-19-16-24(5)17-20-27)31(38)35-28-14-12-11-13-25(28)6/h11-14,16-17,19-20,22-23,26,29-30H,15,18,21H2,1-10H3,(H,35,38)(H,36,40). The van der Waals surface area contributed by atoms with Crippen LogP contribution in [0.1, 0.15) is 97.4 Å². The van der Waals surface area contributed by atoms with Crippen molar-refractivity contribution in [1.82, 2.24) is 10.2 Å². The Morgan fingerprint density at radius 2 is 1.46 bits per heavy atom. The molecule has 0 aliphatic heterocycles. The zero-order valence-electron chi connectivity index (χ0n) is 26.7. The van der Waals surface area contributed by atoms with Gasteiger partial charge in [-0.05, 0) is 89.8 Å². The van der Waals surface area contributed by atoms with E-state index in [0.29, 0.717) is 30.0 Å². The van der Waals surface area contributed by atoms with Crippen molar-refractivity contribution >= 4 is 23.6 Å². The van der Waals surface area contributed by atoms with Crippen LogP contribution in [0.25, 0.3) is 0 Å². The van der Waals surface area contributed by atoms with E-state index in [1.165, 1.54) is 0 Å². The lowest BCUT2D eigenvalue weighted by molar-refractivity contribution is -0.144. The number of rotatable bonds is 12. The monoisotopic (exact) mass is 565 g/mol. The minimum atomic E-state index is -0.903. The van der Waals surface area contributed by atoms with E-state index < -0.39 is 23.8 Å². The average molecular weight is 566 g/mol. The summed E-state index contributed by atoms with van der Waals surface area (Å²) in [6, 6.07) is 13.3. The van der Waals surface area contributed by atoms with Crippen molar-refractivity contribution in [1.29, 1.82) is 0 Å². The predicted molar refractivity (Wildman–Crippen MR) is 167 cm³/mol. The second-order valence-corrected chi connectivity index (χ2v) is 13.0. The first-order valence-electron chi connectivity index (χ1n) is 14.8. The number of para-hydroxylation sites is 1. The van der Waals surface area contributed by atoms with Gasteiger partial charge in [-0.15, -0.1) is 0 Å². The van der Waals surface area contributed by atoms with Crippen molar-refractivity contribution in [2.45, 2.75) is 112 Å². The van der Waals surface area contributed by atoms with Gasteiger partial charge >= 0.3 is 6.09 Å². The third-order valence-corrected chi connectivity index (χ3v) is 6.91. The molecule has 0 heterocycles. The number of anilines is 1. The van der Waals surface area contributed by atoms with E-state index in [1.807, 2.05) is 83.1 Å². The molecular weight excluding hydrogens is 514 g/mol. The van der Waals surface area contributed by atoms with E-state index in [0.717, 1.165) is 17.5 Å². The van der Waals surface area contributed by atoms with Gasteiger partial charge in [0.05, 0.1) is 0 Å². The second kappa shape index (κ2) is 15.0. The summed E-state index contributed by atoms with van der Waals surface area (Å²) in [5, 5.41) is 5.92. The highest BCUT2D eigenvalue weighted by molar-refractivity contribution is 5.99. The van der Waals surface area contributed by atoms with E-state index in [4.69, 9.17) is 4.74 Å². The lowest BCUT2D eigenvalue weighted by Crippen LogP contribution is -2.55. The summed E-state index contributed by atoms with van der Waals surface area (Å²) in [5.74, 6) is -0.0514. The molecule has 3 atom stereocenters. The summed E-state index contributed by atoms with van der Waals surface area (Å²) in [4.78, 5) is 43.3. The van der Waals surface area contributed by atoms with E-state index in [9.17, 15) is 14.4 Å². The molecule has 0 spiro atoms. The van der Waals surface area contributed by atoms with Crippen LogP contribution < -0.4 is 10.6 Å². The number of ether oxygens (including phenoxy) is 1. The van der Waals surface area contributed by atoms with Crippen LogP contribution in [0.2, 0.25) is 0 Å². The third kappa shape index (κ3) is 10.9. The van der Waals surface area contributed by atoms with Crippen molar-refractivity contribution in [3.8, 4) is 0 Å². The van der Waals surface area contributed by atoms with E-state index in [-0.39, 0.29) is 23.8 Å². The number of carbonyl (C=O) groups excluding carboxylic acids is 3. The van der Waals surface area contributed by atoms with Crippen LogP contribution in [0.15, 0.2) is 48.5 Å². The first-order valence-corrected chi connectivity index (χ1v) is 14.8. The van der Waals surface area contributed by atoms with Gasteiger partial charge in [-0.2, -0.15) is 0 Å². The Hall–Kier alpha value is -3.35. The average Bonchev–Trinajstić information content (AvgIpc) is 2.85. The topological polar surface area (TPSA) is 87.7 Å². The molecule has 0 aliphatic rings. The maximum Gasteiger partial charge on any atom is 0.408 e. The number of nitrogens with one attached hydrogen (secondary N) is 2. The molecular formula is C34H51N3O4. The molecule has 0 fully saturated rings. The first kappa shape index (κ1) is 33.9. The molecule has 0 saturated carbocycles. The Labute approximate surface area is 247 Å². The first-order chi connectivity index (χ1) is 19.1. The van der Waals surface area contributed by atoms with Crippen LogP contribution in [0.4, 0.5) is 10.5 Å². The Morgan fingerprint density at radius 3 is 2.00 bits per heavy atom. The van der Waals surface area contributed by atoms with Gasteiger partial charge in [0.2, 0.25) is 5.91 Å². The molecule has 2 aromatic carbocycles. The Balaban J connectivity index is 2.63.